The van der Waals surface area contributed by atoms with Crippen LogP contribution in [0.5, 0.6) is 0 Å². The zero-order valence-electron chi connectivity index (χ0n) is 13.8. The summed E-state index contributed by atoms with van der Waals surface area (Å²) in [6.45, 7) is 3.50. The maximum absolute atomic E-state index is 12.2. The van der Waals surface area contributed by atoms with Crippen molar-refractivity contribution in [2.75, 3.05) is 26.8 Å². The normalized spacial score (nSPS) is 11.7. The molecule has 0 radical (unpaired) electrons. The van der Waals surface area contributed by atoms with Crippen LogP contribution in [0.1, 0.15) is 25.3 Å². The molecule has 6 heteroatoms. The lowest BCUT2D eigenvalue weighted by atomic mass is 10.0. The van der Waals surface area contributed by atoms with Gasteiger partial charge in [0.05, 0.1) is 6.61 Å². The third-order valence-electron chi connectivity index (χ3n) is 3.48. The Hall–Kier alpha value is -2.08. The Morgan fingerprint density at radius 2 is 2.00 bits per heavy atom. The summed E-state index contributed by atoms with van der Waals surface area (Å²) in [5, 5.41) is 11.8. The highest BCUT2D eigenvalue weighted by Crippen LogP contribution is 2.08. The number of nitrogens with zero attached hydrogens (tertiary/aromatic N) is 1. The van der Waals surface area contributed by atoms with Crippen molar-refractivity contribution >= 4 is 12.0 Å². The molecule has 2 N–H and O–H groups in total. The van der Waals surface area contributed by atoms with Gasteiger partial charge in [0.1, 0.15) is 0 Å². The number of ether oxygens (including phenoxy) is 1. The van der Waals surface area contributed by atoms with E-state index in [9.17, 15) is 9.59 Å². The predicted molar refractivity (Wildman–Crippen MR) is 88.5 cm³/mol. The zero-order chi connectivity index (χ0) is 17.1. The molecule has 0 aliphatic carbocycles. The number of rotatable bonds is 10. The van der Waals surface area contributed by atoms with Crippen LogP contribution in [0.2, 0.25) is 0 Å². The van der Waals surface area contributed by atoms with Gasteiger partial charge in [0, 0.05) is 32.7 Å². The van der Waals surface area contributed by atoms with E-state index in [2.05, 4.69) is 5.32 Å². The van der Waals surface area contributed by atoms with Gasteiger partial charge in [-0.1, -0.05) is 30.3 Å². The highest BCUT2D eigenvalue weighted by Gasteiger charge is 2.17. The molecular weight excluding hydrogens is 296 g/mol. The molecule has 2 amide bonds. The van der Waals surface area contributed by atoms with Gasteiger partial charge in [-0.15, -0.1) is 0 Å². The van der Waals surface area contributed by atoms with Crippen molar-refractivity contribution in [3.05, 3.63) is 35.9 Å². The molecule has 1 unspecified atom stereocenters. The molecule has 0 heterocycles. The number of likely N-dealkylation sites (N-methyl/N-ethyl adjacent to an activating group) is 1. The first kappa shape index (κ1) is 19.0. The van der Waals surface area contributed by atoms with Gasteiger partial charge in [0.25, 0.3) is 0 Å². The number of carbonyl (C=O) groups is 2. The number of hydrogen-bond donors (Lipinski definition) is 2. The van der Waals surface area contributed by atoms with Crippen LogP contribution < -0.4 is 5.32 Å². The van der Waals surface area contributed by atoms with E-state index in [1.54, 1.807) is 11.9 Å². The molecule has 0 saturated carbocycles. The Morgan fingerprint density at radius 3 is 2.61 bits per heavy atom. The number of nitrogens with one attached hydrogen (secondary N) is 1. The molecule has 0 aromatic heterocycles. The minimum atomic E-state index is -0.859. The first-order valence-electron chi connectivity index (χ1n) is 7.88. The molecule has 128 valence electrons. The molecule has 23 heavy (non-hydrogen) atoms. The zero-order valence-corrected chi connectivity index (χ0v) is 13.8. The summed E-state index contributed by atoms with van der Waals surface area (Å²) >= 11 is 0. The fourth-order valence-electron chi connectivity index (χ4n) is 2.15. The van der Waals surface area contributed by atoms with Crippen LogP contribution in [0.3, 0.4) is 0 Å². The number of urea groups is 1. The van der Waals surface area contributed by atoms with Gasteiger partial charge in [-0.2, -0.15) is 0 Å². The summed E-state index contributed by atoms with van der Waals surface area (Å²) in [5.74, 6) is -0.859. The second-order valence-corrected chi connectivity index (χ2v) is 5.39. The maximum Gasteiger partial charge on any atom is 0.317 e. The smallest absolute Gasteiger partial charge is 0.317 e. The topological polar surface area (TPSA) is 78.9 Å². The summed E-state index contributed by atoms with van der Waals surface area (Å²) in [6.07, 6.45) is 1.04. The van der Waals surface area contributed by atoms with Crippen LogP contribution in [0, 0.1) is 0 Å². The van der Waals surface area contributed by atoms with E-state index in [1.807, 2.05) is 37.3 Å². The van der Waals surface area contributed by atoms with Gasteiger partial charge in [-0.3, -0.25) is 4.79 Å². The summed E-state index contributed by atoms with van der Waals surface area (Å²) in [6, 6.07) is 9.30. The summed E-state index contributed by atoms with van der Waals surface area (Å²) < 4.78 is 5.23. The second kappa shape index (κ2) is 10.6. The number of hydrogen-bond acceptors (Lipinski definition) is 3. The lowest BCUT2D eigenvalue weighted by Crippen LogP contribution is -2.45. The Kier molecular flexibility index (Phi) is 8.75. The van der Waals surface area contributed by atoms with Crippen molar-refractivity contribution in [1.29, 1.82) is 0 Å². The molecule has 0 aliphatic rings. The van der Waals surface area contributed by atoms with Crippen LogP contribution in [-0.4, -0.2) is 54.9 Å². The van der Waals surface area contributed by atoms with Gasteiger partial charge < -0.3 is 20.1 Å². The molecule has 0 bridgehead atoms. The average molecular weight is 322 g/mol. The monoisotopic (exact) mass is 322 g/mol. The third-order valence-corrected chi connectivity index (χ3v) is 3.48. The molecule has 0 fully saturated rings. The molecular formula is C17H26N2O4. The number of carboxylic acid groups (broad SMARTS) is 1. The Labute approximate surface area is 137 Å². The molecule has 0 aliphatic heterocycles. The van der Waals surface area contributed by atoms with Gasteiger partial charge >= 0.3 is 12.0 Å². The van der Waals surface area contributed by atoms with E-state index < -0.39 is 5.97 Å². The molecule has 1 atom stereocenters. The predicted octanol–water partition coefficient (Wildman–Crippen LogP) is 2.14. The van der Waals surface area contributed by atoms with Gasteiger partial charge in [-0.25, -0.2) is 4.79 Å². The molecule has 1 rings (SSSR count). The number of amides is 2. The van der Waals surface area contributed by atoms with E-state index in [0.717, 1.165) is 5.56 Å². The second-order valence-electron chi connectivity index (χ2n) is 5.39. The molecule has 6 nitrogen and oxygen atoms in total. The number of carbonyl (C=O) groups excluding carboxylic acids is 1. The van der Waals surface area contributed by atoms with Crippen molar-refractivity contribution < 1.29 is 19.4 Å². The van der Waals surface area contributed by atoms with Crippen LogP contribution in [0.25, 0.3) is 0 Å². The third kappa shape index (κ3) is 8.21. The summed E-state index contributed by atoms with van der Waals surface area (Å²) in [5.41, 5.74) is 1.07. The van der Waals surface area contributed by atoms with Gasteiger partial charge in [0.15, 0.2) is 0 Å². The van der Waals surface area contributed by atoms with Crippen molar-refractivity contribution in [2.45, 2.75) is 32.2 Å². The van der Waals surface area contributed by atoms with E-state index in [-0.39, 0.29) is 18.5 Å². The first-order valence-corrected chi connectivity index (χ1v) is 7.88. The van der Waals surface area contributed by atoms with Crippen molar-refractivity contribution in [2.24, 2.45) is 0 Å². The molecule has 1 aromatic rings. The maximum atomic E-state index is 12.2. The Balaban J connectivity index is 2.57. The van der Waals surface area contributed by atoms with Crippen LogP contribution in [0.15, 0.2) is 30.3 Å². The van der Waals surface area contributed by atoms with E-state index >= 15 is 0 Å². The Bertz CT molecular complexity index is 479. The molecule has 1 aromatic carbocycles. The van der Waals surface area contributed by atoms with Gasteiger partial charge in [-0.05, 0) is 25.3 Å². The average Bonchev–Trinajstić information content (AvgIpc) is 2.53. The molecule has 0 spiro atoms. The van der Waals surface area contributed by atoms with Crippen LogP contribution in [-0.2, 0) is 16.0 Å². The highest BCUT2D eigenvalue weighted by molar-refractivity contribution is 5.74. The fourth-order valence-corrected chi connectivity index (χ4v) is 2.15. The fraction of sp³-hybridized carbons (Fsp3) is 0.529. The van der Waals surface area contributed by atoms with Crippen molar-refractivity contribution in [1.82, 2.24) is 10.2 Å². The Morgan fingerprint density at radius 1 is 1.30 bits per heavy atom. The number of benzene rings is 1. The number of aliphatic carboxylic acids is 1. The van der Waals surface area contributed by atoms with Gasteiger partial charge in [0.2, 0.25) is 0 Å². The van der Waals surface area contributed by atoms with Crippen LogP contribution in [0.4, 0.5) is 4.79 Å². The minimum Gasteiger partial charge on any atom is -0.481 e. The SMILES string of the molecule is CCOCCN(C)C(=O)NC(CCC(=O)O)Cc1ccccc1. The highest BCUT2D eigenvalue weighted by atomic mass is 16.5. The van der Waals surface area contributed by atoms with Crippen molar-refractivity contribution in [3.8, 4) is 0 Å². The summed E-state index contributed by atoms with van der Waals surface area (Å²) in [7, 11) is 1.70. The molecule has 0 saturated heterocycles. The van der Waals surface area contributed by atoms with E-state index in [0.29, 0.717) is 32.6 Å². The first-order chi connectivity index (χ1) is 11.0. The lowest BCUT2D eigenvalue weighted by Gasteiger charge is -2.23. The van der Waals surface area contributed by atoms with Crippen molar-refractivity contribution in [3.63, 3.8) is 0 Å². The van der Waals surface area contributed by atoms with E-state index in [4.69, 9.17) is 9.84 Å². The lowest BCUT2D eigenvalue weighted by molar-refractivity contribution is -0.137. The minimum absolute atomic E-state index is 0.0282. The number of carboxylic acids is 1. The van der Waals surface area contributed by atoms with E-state index in [1.165, 1.54) is 0 Å². The quantitative estimate of drug-likeness (QED) is 0.647. The standard InChI is InChI=1S/C17H26N2O4/c1-3-23-12-11-19(2)17(22)18-15(9-10-16(20)21)13-14-7-5-4-6-8-14/h4-8,15H,3,9-13H2,1-2H3,(H,18,22)(H,20,21). The largest absolute Gasteiger partial charge is 0.481 e. The van der Waals surface area contributed by atoms with Crippen LogP contribution >= 0.6 is 0 Å². The summed E-state index contributed by atoms with van der Waals surface area (Å²) in [4.78, 5) is 24.6.